The summed E-state index contributed by atoms with van der Waals surface area (Å²) in [4.78, 5) is 11.7. The van der Waals surface area contributed by atoms with Crippen LogP contribution in [0.4, 0.5) is 0 Å². The quantitative estimate of drug-likeness (QED) is 0.539. The average molecular weight is 236 g/mol. The van der Waals surface area contributed by atoms with Gasteiger partial charge in [-0.05, 0) is 45.0 Å². The highest BCUT2D eigenvalue weighted by Gasteiger charge is 2.06. The number of ketones is 1. The van der Waals surface area contributed by atoms with E-state index in [0.29, 0.717) is 25.2 Å². The van der Waals surface area contributed by atoms with Crippen LogP contribution in [0.5, 0.6) is 5.75 Å². The third-order valence-corrected chi connectivity index (χ3v) is 2.23. The van der Waals surface area contributed by atoms with Crippen LogP contribution in [-0.2, 0) is 4.74 Å². The molecule has 0 spiro atoms. The van der Waals surface area contributed by atoms with Gasteiger partial charge in [-0.1, -0.05) is 0 Å². The highest BCUT2D eigenvalue weighted by molar-refractivity contribution is 5.96. The number of hydrogen-bond acceptors (Lipinski definition) is 3. The molecule has 1 aromatic carbocycles. The second kappa shape index (κ2) is 7.07. The molecule has 0 heterocycles. The topological polar surface area (TPSA) is 35.5 Å². The number of rotatable bonds is 7. The smallest absolute Gasteiger partial charge is 0.165 e. The van der Waals surface area contributed by atoms with Crippen molar-refractivity contribution in [3.05, 3.63) is 29.8 Å². The van der Waals surface area contributed by atoms with Crippen molar-refractivity contribution in [2.75, 3.05) is 13.2 Å². The molecule has 0 radical (unpaired) electrons. The number of Topliss-reactive ketones (excluding diaryl/α,β-unsaturated/α-hetero) is 1. The number of benzene rings is 1. The van der Waals surface area contributed by atoms with Gasteiger partial charge in [0.15, 0.2) is 5.78 Å². The molecular weight excluding hydrogens is 216 g/mol. The first-order valence-electron chi connectivity index (χ1n) is 6.01. The summed E-state index contributed by atoms with van der Waals surface area (Å²) in [6, 6.07) is 7.25. The number of carbonyl (C=O) groups excluding carboxylic acids is 1. The zero-order valence-electron chi connectivity index (χ0n) is 10.7. The molecule has 0 saturated carbocycles. The van der Waals surface area contributed by atoms with E-state index >= 15 is 0 Å². The number of ether oxygens (including phenoxy) is 2. The van der Waals surface area contributed by atoms with Gasteiger partial charge in [-0.3, -0.25) is 4.79 Å². The third-order valence-electron chi connectivity index (χ3n) is 2.23. The fourth-order valence-electron chi connectivity index (χ4n) is 1.45. The van der Waals surface area contributed by atoms with Crippen molar-refractivity contribution in [3.8, 4) is 5.75 Å². The zero-order valence-corrected chi connectivity index (χ0v) is 10.7. The second-order valence-electron chi connectivity index (χ2n) is 4.06. The summed E-state index contributed by atoms with van der Waals surface area (Å²) >= 11 is 0. The first kappa shape index (κ1) is 13.7. The molecular formula is C14H20O3. The monoisotopic (exact) mass is 236 g/mol. The maximum absolute atomic E-state index is 11.7. The minimum atomic E-state index is 0.106. The molecule has 0 amide bonds. The lowest BCUT2D eigenvalue weighted by Crippen LogP contribution is -2.07. The summed E-state index contributed by atoms with van der Waals surface area (Å²) in [5.74, 6) is 0.899. The molecule has 17 heavy (non-hydrogen) atoms. The average Bonchev–Trinajstić information content (AvgIpc) is 2.29. The van der Waals surface area contributed by atoms with E-state index < -0.39 is 0 Å². The molecule has 0 aromatic heterocycles. The molecule has 3 nitrogen and oxygen atoms in total. The summed E-state index contributed by atoms with van der Waals surface area (Å²) in [5, 5.41) is 0. The minimum Gasteiger partial charge on any atom is -0.491 e. The Kier molecular flexibility index (Phi) is 5.70. The molecule has 3 heteroatoms. The Labute approximate surface area is 103 Å². The first-order chi connectivity index (χ1) is 8.13. The molecule has 0 unspecified atom stereocenters. The zero-order chi connectivity index (χ0) is 12.7. The van der Waals surface area contributed by atoms with Gasteiger partial charge in [-0.2, -0.15) is 0 Å². The highest BCUT2D eigenvalue weighted by atomic mass is 16.5. The third kappa shape index (κ3) is 5.00. The van der Waals surface area contributed by atoms with Crippen molar-refractivity contribution in [1.29, 1.82) is 0 Å². The van der Waals surface area contributed by atoms with Crippen LogP contribution >= 0.6 is 0 Å². The van der Waals surface area contributed by atoms with E-state index in [1.54, 1.807) is 12.1 Å². The molecule has 94 valence electrons. The minimum absolute atomic E-state index is 0.106. The molecule has 0 aliphatic heterocycles. The van der Waals surface area contributed by atoms with Gasteiger partial charge in [-0.15, -0.1) is 0 Å². The van der Waals surface area contributed by atoms with Crippen LogP contribution in [-0.4, -0.2) is 25.1 Å². The Hall–Kier alpha value is -1.35. The molecule has 0 N–H and O–H groups in total. The Morgan fingerprint density at radius 2 is 1.88 bits per heavy atom. The van der Waals surface area contributed by atoms with E-state index in [2.05, 4.69) is 0 Å². The van der Waals surface area contributed by atoms with Crippen LogP contribution < -0.4 is 4.74 Å². The normalized spacial score (nSPS) is 10.6. The van der Waals surface area contributed by atoms with Crippen molar-refractivity contribution in [1.82, 2.24) is 0 Å². The Bertz CT molecular complexity index is 341. The predicted octanol–water partition coefficient (Wildman–Crippen LogP) is 3.08. The van der Waals surface area contributed by atoms with Gasteiger partial charge in [0, 0.05) is 18.6 Å². The molecule has 0 saturated heterocycles. The molecule has 1 rings (SSSR count). The van der Waals surface area contributed by atoms with Gasteiger partial charge in [0.05, 0.1) is 12.7 Å². The predicted molar refractivity (Wildman–Crippen MR) is 67.6 cm³/mol. The summed E-state index contributed by atoms with van der Waals surface area (Å²) in [7, 11) is 0. The van der Waals surface area contributed by atoms with Crippen LogP contribution in [0.3, 0.4) is 0 Å². The van der Waals surface area contributed by atoms with Crippen molar-refractivity contribution >= 4 is 5.78 Å². The van der Waals surface area contributed by atoms with E-state index in [1.165, 1.54) is 0 Å². The van der Waals surface area contributed by atoms with Crippen LogP contribution in [0.2, 0.25) is 0 Å². The van der Waals surface area contributed by atoms with E-state index in [0.717, 1.165) is 5.75 Å². The van der Waals surface area contributed by atoms with Crippen LogP contribution in [0.25, 0.3) is 0 Å². The molecule has 0 bridgehead atoms. The molecule has 0 aliphatic carbocycles. The largest absolute Gasteiger partial charge is 0.491 e. The first-order valence-corrected chi connectivity index (χ1v) is 6.01. The van der Waals surface area contributed by atoms with E-state index in [1.807, 2.05) is 32.9 Å². The van der Waals surface area contributed by atoms with Crippen LogP contribution in [0.1, 0.15) is 37.6 Å². The standard InChI is InChI=1S/C14H20O3/c1-4-16-10-9-14(15)12-5-7-13(8-6-12)17-11(2)3/h5-8,11H,4,9-10H2,1-3H3. The van der Waals surface area contributed by atoms with E-state index in [9.17, 15) is 4.79 Å². The van der Waals surface area contributed by atoms with Gasteiger partial charge in [0.2, 0.25) is 0 Å². The SMILES string of the molecule is CCOCCC(=O)c1ccc(OC(C)C)cc1. The van der Waals surface area contributed by atoms with Crippen LogP contribution in [0.15, 0.2) is 24.3 Å². The van der Waals surface area contributed by atoms with Gasteiger partial charge in [0.1, 0.15) is 5.75 Å². The molecule has 0 aliphatic rings. The van der Waals surface area contributed by atoms with Crippen molar-refractivity contribution in [2.45, 2.75) is 33.3 Å². The lowest BCUT2D eigenvalue weighted by Gasteiger charge is -2.09. The van der Waals surface area contributed by atoms with E-state index in [4.69, 9.17) is 9.47 Å². The summed E-state index contributed by atoms with van der Waals surface area (Å²) < 4.78 is 10.7. The summed E-state index contributed by atoms with van der Waals surface area (Å²) in [6.07, 6.45) is 0.576. The Balaban J connectivity index is 2.52. The second-order valence-corrected chi connectivity index (χ2v) is 4.06. The molecule has 1 aromatic rings. The van der Waals surface area contributed by atoms with Gasteiger partial charge in [0.25, 0.3) is 0 Å². The Morgan fingerprint density at radius 3 is 2.41 bits per heavy atom. The van der Waals surface area contributed by atoms with E-state index in [-0.39, 0.29) is 11.9 Å². The fourth-order valence-corrected chi connectivity index (χ4v) is 1.45. The van der Waals surface area contributed by atoms with Crippen LogP contribution in [0, 0.1) is 0 Å². The highest BCUT2D eigenvalue weighted by Crippen LogP contribution is 2.14. The van der Waals surface area contributed by atoms with Gasteiger partial charge in [-0.25, -0.2) is 0 Å². The number of hydrogen-bond donors (Lipinski definition) is 0. The van der Waals surface area contributed by atoms with Gasteiger partial charge >= 0.3 is 0 Å². The molecule has 0 atom stereocenters. The van der Waals surface area contributed by atoms with Gasteiger partial charge < -0.3 is 9.47 Å². The maximum Gasteiger partial charge on any atom is 0.165 e. The van der Waals surface area contributed by atoms with Crippen molar-refractivity contribution in [2.24, 2.45) is 0 Å². The van der Waals surface area contributed by atoms with Crippen molar-refractivity contribution in [3.63, 3.8) is 0 Å². The fraction of sp³-hybridized carbons (Fsp3) is 0.500. The van der Waals surface area contributed by atoms with Crippen molar-refractivity contribution < 1.29 is 14.3 Å². The lowest BCUT2D eigenvalue weighted by molar-refractivity contribution is 0.0896. The summed E-state index contributed by atoms with van der Waals surface area (Å²) in [5.41, 5.74) is 0.709. The maximum atomic E-state index is 11.7. The molecule has 0 fully saturated rings. The Morgan fingerprint density at radius 1 is 1.24 bits per heavy atom. The lowest BCUT2D eigenvalue weighted by atomic mass is 10.1. The summed E-state index contributed by atoms with van der Waals surface area (Å²) in [6.45, 7) is 7.00. The number of carbonyl (C=O) groups is 1.